The lowest BCUT2D eigenvalue weighted by atomic mass is 10.2. The zero-order valence-electron chi connectivity index (χ0n) is 11.5. The van der Waals surface area contributed by atoms with Crippen LogP contribution >= 0.6 is 0 Å². The number of aliphatic carboxylic acids is 1. The molecule has 1 aromatic carbocycles. The molecule has 0 saturated carbocycles. The number of nitrogens with zero attached hydrogens (tertiary/aromatic N) is 2. The molecule has 0 saturated heterocycles. The number of aromatic nitrogens is 1. The minimum atomic E-state index is -0.922. The van der Waals surface area contributed by atoms with Gasteiger partial charge in [-0.3, -0.25) is 4.79 Å². The second kappa shape index (κ2) is 5.64. The number of rotatable bonds is 4. The van der Waals surface area contributed by atoms with Gasteiger partial charge in [0.15, 0.2) is 0 Å². The van der Waals surface area contributed by atoms with E-state index in [1.807, 2.05) is 42.1 Å². The van der Waals surface area contributed by atoms with Gasteiger partial charge < -0.3 is 19.9 Å². The lowest BCUT2D eigenvalue weighted by Crippen LogP contribution is -2.33. The third-order valence-electron chi connectivity index (χ3n) is 3.15. The van der Waals surface area contributed by atoms with Crippen LogP contribution in [0.1, 0.15) is 6.42 Å². The van der Waals surface area contributed by atoms with E-state index in [1.54, 1.807) is 7.05 Å². The summed E-state index contributed by atoms with van der Waals surface area (Å²) in [6, 6.07) is 7.32. The summed E-state index contributed by atoms with van der Waals surface area (Å²) in [5, 5.41) is 12.5. The summed E-state index contributed by atoms with van der Waals surface area (Å²) >= 11 is 0. The number of benzene rings is 1. The number of carbonyl (C=O) groups is 2. The Bertz CT molecular complexity index is 648. The summed E-state index contributed by atoms with van der Waals surface area (Å²) in [6.07, 6.45) is 1.85. The number of para-hydroxylation sites is 1. The van der Waals surface area contributed by atoms with Crippen LogP contribution in [0.15, 0.2) is 30.5 Å². The molecule has 0 fully saturated rings. The molecular formula is C14H17N3O3. The number of hydrogen-bond donors (Lipinski definition) is 2. The molecule has 6 nitrogen and oxygen atoms in total. The molecule has 6 heteroatoms. The highest BCUT2D eigenvalue weighted by Gasteiger charge is 2.12. The van der Waals surface area contributed by atoms with E-state index >= 15 is 0 Å². The first-order valence-corrected chi connectivity index (χ1v) is 6.27. The molecule has 1 heterocycles. The predicted octanol–water partition coefficient (Wildman–Crippen LogP) is 2.12. The summed E-state index contributed by atoms with van der Waals surface area (Å²) in [6.45, 7) is 0.171. The minimum absolute atomic E-state index is 0.0712. The van der Waals surface area contributed by atoms with Crippen LogP contribution in [0.4, 0.5) is 10.5 Å². The number of urea groups is 1. The van der Waals surface area contributed by atoms with E-state index in [4.69, 9.17) is 5.11 Å². The first kappa shape index (κ1) is 13.9. The monoisotopic (exact) mass is 275 g/mol. The number of carboxylic acids is 1. The van der Waals surface area contributed by atoms with E-state index in [-0.39, 0.29) is 19.0 Å². The van der Waals surface area contributed by atoms with Crippen molar-refractivity contribution < 1.29 is 14.7 Å². The number of carbonyl (C=O) groups excluding carboxylic acids is 1. The lowest BCUT2D eigenvalue weighted by molar-refractivity contribution is -0.137. The van der Waals surface area contributed by atoms with Crippen LogP contribution in [-0.2, 0) is 11.8 Å². The largest absolute Gasteiger partial charge is 0.481 e. The van der Waals surface area contributed by atoms with Crippen molar-refractivity contribution in [2.24, 2.45) is 7.05 Å². The second-order valence-corrected chi connectivity index (χ2v) is 4.67. The van der Waals surface area contributed by atoms with Crippen LogP contribution in [0.2, 0.25) is 0 Å². The Morgan fingerprint density at radius 1 is 1.35 bits per heavy atom. The van der Waals surface area contributed by atoms with Crippen LogP contribution in [0.3, 0.4) is 0 Å². The molecule has 2 N–H and O–H groups in total. The number of aryl methyl sites for hydroxylation is 1. The van der Waals surface area contributed by atoms with Crippen molar-refractivity contribution >= 4 is 28.6 Å². The van der Waals surface area contributed by atoms with Crippen LogP contribution in [-0.4, -0.2) is 40.2 Å². The van der Waals surface area contributed by atoms with E-state index in [1.165, 1.54) is 4.90 Å². The summed E-state index contributed by atoms with van der Waals surface area (Å²) in [5.41, 5.74) is 1.65. The molecule has 0 aliphatic rings. The van der Waals surface area contributed by atoms with Gasteiger partial charge in [-0.2, -0.15) is 0 Å². The molecule has 0 aliphatic carbocycles. The average molecular weight is 275 g/mol. The Labute approximate surface area is 116 Å². The molecule has 0 unspecified atom stereocenters. The number of amides is 2. The van der Waals surface area contributed by atoms with Gasteiger partial charge in [-0.05, 0) is 12.1 Å². The topological polar surface area (TPSA) is 74.6 Å². The predicted molar refractivity (Wildman–Crippen MR) is 76.8 cm³/mol. The van der Waals surface area contributed by atoms with Crippen molar-refractivity contribution in [3.05, 3.63) is 30.5 Å². The van der Waals surface area contributed by atoms with Crippen molar-refractivity contribution in [1.29, 1.82) is 0 Å². The first-order chi connectivity index (χ1) is 9.49. The van der Waals surface area contributed by atoms with E-state index in [0.29, 0.717) is 5.69 Å². The standard InChI is InChI=1S/C14H17N3O3/c1-16-8-6-10-4-3-5-11(13(10)16)15-14(20)17(2)9-7-12(18)19/h3-6,8H,7,9H2,1-2H3,(H,15,20)(H,18,19). The maximum Gasteiger partial charge on any atom is 0.321 e. The fraction of sp³-hybridized carbons (Fsp3) is 0.286. The van der Waals surface area contributed by atoms with Gasteiger partial charge in [0.05, 0.1) is 17.6 Å². The lowest BCUT2D eigenvalue weighted by Gasteiger charge is -2.17. The van der Waals surface area contributed by atoms with Gasteiger partial charge in [0.25, 0.3) is 0 Å². The van der Waals surface area contributed by atoms with Gasteiger partial charge in [0.2, 0.25) is 0 Å². The smallest absolute Gasteiger partial charge is 0.321 e. The number of anilines is 1. The van der Waals surface area contributed by atoms with Gasteiger partial charge in [0.1, 0.15) is 0 Å². The maximum atomic E-state index is 12.0. The van der Waals surface area contributed by atoms with Crippen molar-refractivity contribution in [3.8, 4) is 0 Å². The molecule has 1 aromatic heterocycles. The fourth-order valence-corrected chi connectivity index (χ4v) is 2.03. The Hall–Kier alpha value is -2.50. The summed E-state index contributed by atoms with van der Waals surface area (Å²) < 4.78 is 1.93. The average Bonchev–Trinajstić information content (AvgIpc) is 2.78. The van der Waals surface area contributed by atoms with Crippen molar-refractivity contribution in [1.82, 2.24) is 9.47 Å². The summed E-state index contributed by atoms with van der Waals surface area (Å²) in [4.78, 5) is 23.9. The second-order valence-electron chi connectivity index (χ2n) is 4.67. The zero-order valence-corrected chi connectivity index (χ0v) is 11.5. The molecule has 2 amide bonds. The Kier molecular flexibility index (Phi) is 3.93. The van der Waals surface area contributed by atoms with E-state index in [0.717, 1.165) is 10.9 Å². The summed E-state index contributed by atoms with van der Waals surface area (Å²) in [7, 11) is 3.48. The van der Waals surface area contributed by atoms with Gasteiger partial charge >= 0.3 is 12.0 Å². The maximum absolute atomic E-state index is 12.0. The number of nitrogens with one attached hydrogen (secondary N) is 1. The van der Waals surface area contributed by atoms with Crippen molar-refractivity contribution in [2.75, 3.05) is 18.9 Å². The summed E-state index contributed by atoms with van der Waals surface area (Å²) in [5.74, 6) is -0.922. The fourth-order valence-electron chi connectivity index (χ4n) is 2.03. The molecule has 2 aromatic rings. The number of fused-ring (bicyclic) bond motifs is 1. The van der Waals surface area contributed by atoms with Crippen LogP contribution in [0.25, 0.3) is 10.9 Å². The third kappa shape index (κ3) is 2.90. The Morgan fingerprint density at radius 2 is 2.10 bits per heavy atom. The van der Waals surface area contributed by atoms with Crippen LogP contribution in [0.5, 0.6) is 0 Å². The quantitative estimate of drug-likeness (QED) is 0.897. The van der Waals surface area contributed by atoms with Crippen molar-refractivity contribution in [2.45, 2.75) is 6.42 Å². The Morgan fingerprint density at radius 3 is 2.80 bits per heavy atom. The minimum Gasteiger partial charge on any atom is -0.481 e. The SMILES string of the molecule is CN(CCC(=O)O)C(=O)Nc1cccc2ccn(C)c12. The highest BCUT2D eigenvalue weighted by Crippen LogP contribution is 2.23. The molecule has 0 spiro atoms. The molecule has 0 bridgehead atoms. The molecule has 2 rings (SSSR count). The highest BCUT2D eigenvalue weighted by molar-refractivity contribution is 6.00. The van der Waals surface area contributed by atoms with Crippen LogP contribution < -0.4 is 5.32 Å². The van der Waals surface area contributed by atoms with Crippen LogP contribution in [0, 0.1) is 0 Å². The Balaban J connectivity index is 2.13. The molecule has 0 radical (unpaired) electrons. The molecule has 20 heavy (non-hydrogen) atoms. The van der Waals surface area contributed by atoms with Gasteiger partial charge in [-0.25, -0.2) is 4.79 Å². The highest BCUT2D eigenvalue weighted by atomic mass is 16.4. The first-order valence-electron chi connectivity index (χ1n) is 6.27. The van der Waals surface area contributed by atoms with E-state index < -0.39 is 5.97 Å². The van der Waals surface area contributed by atoms with Gasteiger partial charge in [-0.1, -0.05) is 12.1 Å². The normalized spacial score (nSPS) is 10.5. The molecule has 106 valence electrons. The molecule has 0 aliphatic heterocycles. The van der Waals surface area contributed by atoms with Crippen molar-refractivity contribution in [3.63, 3.8) is 0 Å². The molecule has 0 atom stereocenters. The number of carboxylic acid groups (broad SMARTS) is 1. The van der Waals surface area contributed by atoms with Gasteiger partial charge in [-0.15, -0.1) is 0 Å². The van der Waals surface area contributed by atoms with Gasteiger partial charge in [0, 0.05) is 32.2 Å². The third-order valence-corrected chi connectivity index (χ3v) is 3.15. The van der Waals surface area contributed by atoms with E-state index in [2.05, 4.69) is 5.32 Å². The molecular weight excluding hydrogens is 258 g/mol. The number of hydrogen-bond acceptors (Lipinski definition) is 2. The van der Waals surface area contributed by atoms with E-state index in [9.17, 15) is 9.59 Å². The zero-order chi connectivity index (χ0) is 14.7.